The maximum Gasteiger partial charge on any atom is 0.325 e. The largest absolute Gasteiger partial charge is 0.465 e. The van der Waals surface area contributed by atoms with Gasteiger partial charge in [-0.25, -0.2) is 4.39 Å². The molecule has 0 unspecified atom stereocenters. The number of carbonyl (C=O) groups is 2. The molecule has 104 valence electrons. The predicted octanol–water partition coefficient (Wildman–Crippen LogP) is 2.16. The summed E-state index contributed by atoms with van der Waals surface area (Å²) in [4.78, 5) is 24.8. The van der Waals surface area contributed by atoms with E-state index in [4.69, 9.17) is 4.74 Å². The molecule has 1 aromatic rings. The van der Waals surface area contributed by atoms with E-state index < -0.39 is 17.7 Å². The Morgan fingerprint density at radius 2 is 2.00 bits per heavy atom. The third kappa shape index (κ3) is 4.05. The lowest BCUT2D eigenvalue weighted by molar-refractivity contribution is -0.143. The van der Waals surface area contributed by atoms with E-state index in [1.807, 2.05) is 0 Å². The zero-order chi connectivity index (χ0) is 14.4. The van der Waals surface area contributed by atoms with Crippen molar-refractivity contribution >= 4 is 11.9 Å². The first-order valence-electron chi connectivity index (χ1n) is 6.20. The van der Waals surface area contributed by atoms with Crippen LogP contribution >= 0.6 is 0 Å². The summed E-state index contributed by atoms with van der Waals surface area (Å²) in [5.74, 6) is -1.58. The lowest BCUT2D eigenvalue weighted by Crippen LogP contribution is -2.36. The van der Waals surface area contributed by atoms with Gasteiger partial charge in [0.1, 0.15) is 12.4 Å². The number of hydrogen-bond donors (Lipinski definition) is 0. The van der Waals surface area contributed by atoms with Crippen LogP contribution in [0, 0.1) is 12.7 Å². The molecule has 0 radical (unpaired) electrons. The third-order valence-corrected chi connectivity index (χ3v) is 2.65. The van der Waals surface area contributed by atoms with E-state index in [1.165, 1.54) is 17.0 Å². The van der Waals surface area contributed by atoms with Crippen LogP contribution in [-0.2, 0) is 9.53 Å². The summed E-state index contributed by atoms with van der Waals surface area (Å²) in [7, 11) is 0. The number of benzene rings is 1. The second-order valence-electron chi connectivity index (χ2n) is 4.11. The Hall–Kier alpha value is -1.91. The van der Waals surface area contributed by atoms with E-state index in [0.29, 0.717) is 6.54 Å². The Kier molecular flexibility index (Phi) is 5.48. The van der Waals surface area contributed by atoms with Crippen LogP contribution in [0.25, 0.3) is 0 Å². The Balaban J connectivity index is 2.86. The minimum absolute atomic E-state index is 0.0308. The Morgan fingerprint density at radius 1 is 1.32 bits per heavy atom. The highest BCUT2D eigenvalue weighted by Crippen LogP contribution is 2.12. The van der Waals surface area contributed by atoms with E-state index in [-0.39, 0.29) is 18.7 Å². The zero-order valence-corrected chi connectivity index (χ0v) is 11.4. The van der Waals surface area contributed by atoms with Crippen molar-refractivity contribution in [1.82, 2.24) is 4.90 Å². The number of rotatable bonds is 5. The monoisotopic (exact) mass is 267 g/mol. The molecule has 0 atom stereocenters. The van der Waals surface area contributed by atoms with Gasteiger partial charge in [-0.2, -0.15) is 0 Å². The first-order valence-corrected chi connectivity index (χ1v) is 6.20. The van der Waals surface area contributed by atoms with E-state index in [9.17, 15) is 14.0 Å². The fourth-order valence-corrected chi connectivity index (χ4v) is 1.65. The Morgan fingerprint density at radius 3 is 2.53 bits per heavy atom. The molecule has 4 nitrogen and oxygen atoms in total. The van der Waals surface area contributed by atoms with Crippen LogP contribution in [0.5, 0.6) is 0 Å². The highest BCUT2D eigenvalue weighted by atomic mass is 19.1. The van der Waals surface area contributed by atoms with Crippen LogP contribution in [0.3, 0.4) is 0 Å². The molecule has 0 N–H and O–H groups in total. The van der Waals surface area contributed by atoms with Gasteiger partial charge in [-0.1, -0.05) is 6.07 Å². The number of aryl methyl sites for hydroxylation is 1. The molecule has 0 saturated heterocycles. The molecule has 0 heterocycles. The third-order valence-electron chi connectivity index (χ3n) is 2.65. The Labute approximate surface area is 112 Å². The van der Waals surface area contributed by atoms with Gasteiger partial charge in [-0.05, 0) is 38.5 Å². The van der Waals surface area contributed by atoms with E-state index in [2.05, 4.69) is 0 Å². The zero-order valence-electron chi connectivity index (χ0n) is 11.4. The van der Waals surface area contributed by atoms with Crippen molar-refractivity contribution in [2.24, 2.45) is 0 Å². The van der Waals surface area contributed by atoms with Crippen molar-refractivity contribution in [3.05, 3.63) is 35.1 Å². The summed E-state index contributed by atoms with van der Waals surface area (Å²) >= 11 is 0. The summed E-state index contributed by atoms with van der Waals surface area (Å²) < 4.78 is 18.5. The van der Waals surface area contributed by atoms with Gasteiger partial charge >= 0.3 is 5.97 Å². The number of amides is 1. The normalized spacial score (nSPS) is 10.1. The molecule has 0 aromatic heterocycles. The van der Waals surface area contributed by atoms with E-state index >= 15 is 0 Å². The van der Waals surface area contributed by atoms with Gasteiger partial charge in [0.05, 0.1) is 12.2 Å². The fourth-order valence-electron chi connectivity index (χ4n) is 1.65. The van der Waals surface area contributed by atoms with Crippen LogP contribution < -0.4 is 0 Å². The quantitative estimate of drug-likeness (QED) is 0.768. The molecule has 0 fully saturated rings. The first kappa shape index (κ1) is 15.1. The predicted molar refractivity (Wildman–Crippen MR) is 69.3 cm³/mol. The van der Waals surface area contributed by atoms with Gasteiger partial charge < -0.3 is 9.64 Å². The molecule has 1 amide bonds. The number of halogens is 1. The lowest BCUT2D eigenvalue weighted by Gasteiger charge is -2.20. The van der Waals surface area contributed by atoms with Crippen LogP contribution in [0.15, 0.2) is 18.2 Å². The van der Waals surface area contributed by atoms with Crippen molar-refractivity contribution < 1.29 is 18.7 Å². The van der Waals surface area contributed by atoms with Crippen molar-refractivity contribution in [2.45, 2.75) is 20.8 Å². The van der Waals surface area contributed by atoms with Gasteiger partial charge in [-0.15, -0.1) is 0 Å². The Bertz CT molecular complexity index is 474. The smallest absolute Gasteiger partial charge is 0.325 e. The minimum atomic E-state index is -0.577. The van der Waals surface area contributed by atoms with Gasteiger partial charge in [0.15, 0.2) is 0 Å². The first-order chi connectivity index (χ1) is 8.99. The molecule has 0 spiro atoms. The summed E-state index contributed by atoms with van der Waals surface area (Å²) in [6.07, 6.45) is 0. The van der Waals surface area contributed by atoms with Crippen molar-refractivity contribution in [3.63, 3.8) is 0 Å². The second kappa shape index (κ2) is 6.87. The summed E-state index contributed by atoms with van der Waals surface area (Å²) in [6, 6.07) is 4.39. The SMILES string of the molecule is CCOC(=O)CN(CC)C(=O)c1ccc(C)cc1F. The fraction of sp³-hybridized carbons (Fsp3) is 0.429. The van der Waals surface area contributed by atoms with Gasteiger partial charge in [-0.3, -0.25) is 9.59 Å². The van der Waals surface area contributed by atoms with Crippen molar-refractivity contribution in [2.75, 3.05) is 19.7 Å². The highest BCUT2D eigenvalue weighted by molar-refractivity contribution is 5.96. The molecule has 0 aliphatic heterocycles. The number of carbonyl (C=O) groups excluding carboxylic acids is 2. The topological polar surface area (TPSA) is 46.6 Å². The number of likely N-dealkylation sites (N-methyl/N-ethyl adjacent to an activating group) is 1. The number of ether oxygens (including phenoxy) is 1. The van der Waals surface area contributed by atoms with Gasteiger partial charge in [0, 0.05) is 6.54 Å². The van der Waals surface area contributed by atoms with Gasteiger partial charge in [0.2, 0.25) is 0 Å². The minimum Gasteiger partial charge on any atom is -0.465 e. The van der Waals surface area contributed by atoms with E-state index in [1.54, 1.807) is 26.8 Å². The maximum absolute atomic E-state index is 13.7. The molecule has 0 aliphatic carbocycles. The molecule has 0 aliphatic rings. The molecule has 0 saturated carbocycles. The molecule has 19 heavy (non-hydrogen) atoms. The summed E-state index contributed by atoms with van der Waals surface area (Å²) in [6.45, 7) is 5.55. The van der Waals surface area contributed by atoms with Crippen LogP contribution in [0.4, 0.5) is 4.39 Å². The lowest BCUT2D eigenvalue weighted by atomic mass is 10.1. The molecule has 1 rings (SSSR count). The summed E-state index contributed by atoms with van der Waals surface area (Å²) in [5.41, 5.74) is 0.708. The standard InChI is InChI=1S/C14H18FNO3/c1-4-16(9-13(17)19-5-2)14(18)11-7-6-10(3)8-12(11)15/h6-8H,4-5,9H2,1-3H3. The van der Waals surface area contributed by atoms with Crippen LogP contribution in [-0.4, -0.2) is 36.5 Å². The second-order valence-corrected chi connectivity index (χ2v) is 4.11. The summed E-state index contributed by atoms with van der Waals surface area (Å²) in [5, 5.41) is 0. The molecular formula is C14H18FNO3. The molecule has 1 aromatic carbocycles. The highest BCUT2D eigenvalue weighted by Gasteiger charge is 2.20. The average Bonchev–Trinajstić information content (AvgIpc) is 2.35. The van der Waals surface area contributed by atoms with Crippen molar-refractivity contribution in [3.8, 4) is 0 Å². The number of nitrogens with zero attached hydrogens (tertiary/aromatic N) is 1. The number of esters is 1. The number of hydrogen-bond acceptors (Lipinski definition) is 3. The molecular weight excluding hydrogens is 249 g/mol. The van der Waals surface area contributed by atoms with Crippen molar-refractivity contribution in [1.29, 1.82) is 0 Å². The molecule has 0 bridgehead atoms. The van der Waals surface area contributed by atoms with Crippen LogP contribution in [0.2, 0.25) is 0 Å². The average molecular weight is 267 g/mol. The molecule has 5 heteroatoms. The van der Waals surface area contributed by atoms with Crippen LogP contribution in [0.1, 0.15) is 29.8 Å². The van der Waals surface area contributed by atoms with E-state index in [0.717, 1.165) is 5.56 Å². The maximum atomic E-state index is 13.7. The van der Waals surface area contributed by atoms with Gasteiger partial charge in [0.25, 0.3) is 5.91 Å².